The number of aldehydes is 1. The van der Waals surface area contributed by atoms with Crippen LogP contribution in [0.2, 0.25) is 0 Å². The topological polar surface area (TPSA) is 29.5 Å². The minimum atomic E-state index is -0.595. The van der Waals surface area contributed by atoms with Crippen molar-refractivity contribution in [3.63, 3.8) is 0 Å². The van der Waals surface area contributed by atoms with E-state index in [9.17, 15) is 4.79 Å². The standard InChI is InChI=1S/C28H29NO2/c30-21-28(24-7-3-1-4-8-24,25-9-5-2-6-10-25)26-14-17-29(20-26)16-13-22-11-12-27-23(19-22)15-18-31-27/h1-12,19,21,26H,13-18,20H2/t26-/m1/s1. The van der Waals surface area contributed by atoms with Gasteiger partial charge in [0.1, 0.15) is 12.0 Å². The molecule has 0 aromatic heterocycles. The Morgan fingerprint density at radius 1 is 0.968 bits per heavy atom. The third kappa shape index (κ3) is 3.79. The van der Waals surface area contributed by atoms with Crippen molar-refractivity contribution in [3.05, 3.63) is 101 Å². The number of hydrogen-bond donors (Lipinski definition) is 0. The van der Waals surface area contributed by atoms with E-state index in [4.69, 9.17) is 4.74 Å². The van der Waals surface area contributed by atoms with Crippen molar-refractivity contribution in [1.29, 1.82) is 0 Å². The summed E-state index contributed by atoms with van der Waals surface area (Å²) < 4.78 is 5.64. The van der Waals surface area contributed by atoms with Crippen LogP contribution in [0, 0.1) is 5.92 Å². The molecule has 3 heteroatoms. The number of hydrogen-bond acceptors (Lipinski definition) is 3. The predicted molar refractivity (Wildman–Crippen MR) is 124 cm³/mol. The van der Waals surface area contributed by atoms with Crippen molar-refractivity contribution >= 4 is 6.29 Å². The summed E-state index contributed by atoms with van der Waals surface area (Å²) in [5.74, 6) is 1.31. The molecule has 0 N–H and O–H groups in total. The van der Waals surface area contributed by atoms with E-state index in [1.807, 2.05) is 36.4 Å². The Bertz CT molecular complexity index is 992. The van der Waals surface area contributed by atoms with E-state index in [0.717, 1.165) is 62.4 Å². The summed E-state index contributed by atoms with van der Waals surface area (Å²) in [7, 11) is 0. The third-order valence-electron chi connectivity index (χ3n) is 7.08. The molecule has 5 rings (SSSR count). The Morgan fingerprint density at radius 2 is 1.68 bits per heavy atom. The molecule has 158 valence electrons. The van der Waals surface area contributed by atoms with Crippen molar-refractivity contribution in [3.8, 4) is 5.75 Å². The van der Waals surface area contributed by atoms with Gasteiger partial charge >= 0.3 is 0 Å². The van der Waals surface area contributed by atoms with Crippen LogP contribution in [0.1, 0.15) is 28.7 Å². The molecule has 0 bridgehead atoms. The number of fused-ring (bicyclic) bond motifs is 1. The summed E-state index contributed by atoms with van der Waals surface area (Å²) in [6, 6.07) is 27.3. The van der Waals surface area contributed by atoms with E-state index < -0.39 is 5.41 Å². The lowest BCUT2D eigenvalue weighted by Gasteiger charge is -2.35. The van der Waals surface area contributed by atoms with Crippen LogP contribution in [0.15, 0.2) is 78.9 Å². The first kappa shape index (κ1) is 20.0. The molecule has 0 radical (unpaired) electrons. The summed E-state index contributed by atoms with van der Waals surface area (Å²) in [5.41, 5.74) is 4.32. The van der Waals surface area contributed by atoms with Gasteiger partial charge in [0.15, 0.2) is 0 Å². The summed E-state index contributed by atoms with van der Waals surface area (Å²) in [6.07, 6.45) is 4.28. The van der Waals surface area contributed by atoms with Crippen molar-refractivity contribution in [2.45, 2.75) is 24.7 Å². The van der Waals surface area contributed by atoms with Crippen LogP contribution in [-0.2, 0) is 23.1 Å². The molecule has 2 heterocycles. The zero-order valence-corrected chi connectivity index (χ0v) is 17.9. The highest BCUT2D eigenvalue weighted by atomic mass is 16.5. The van der Waals surface area contributed by atoms with Gasteiger partial charge in [-0.1, -0.05) is 72.8 Å². The summed E-state index contributed by atoms with van der Waals surface area (Å²) in [5, 5.41) is 0. The fraction of sp³-hybridized carbons (Fsp3) is 0.321. The number of benzene rings is 3. The average molecular weight is 412 g/mol. The van der Waals surface area contributed by atoms with Gasteiger partial charge in [-0.15, -0.1) is 0 Å². The van der Waals surface area contributed by atoms with Gasteiger partial charge in [0, 0.05) is 19.5 Å². The lowest BCUT2D eigenvalue weighted by atomic mass is 9.66. The highest BCUT2D eigenvalue weighted by molar-refractivity contribution is 5.76. The molecule has 0 amide bonds. The zero-order valence-electron chi connectivity index (χ0n) is 17.9. The Morgan fingerprint density at radius 3 is 2.35 bits per heavy atom. The van der Waals surface area contributed by atoms with Gasteiger partial charge in [-0.05, 0) is 53.6 Å². The Balaban J connectivity index is 1.35. The molecule has 0 aliphatic carbocycles. The molecule has 0 saturated carbocycles. The predicted octanol–water partition coefficient (Wildman–Crippen LogP) is 4.67. The van der Waals surface area contributed by atoms with Crippen LogP contribution >= 0.6 is 0 Å². The third-order valence-corrected chi connectivity index (χ3v) is 7.08. The maximum atomic E-state index is 12.8. The monoisotopic (exact) mass is 411 g/mol. The quantitative estimate of drug-likeness (QED) is 0.529. The van der Waals surface area contributed by atoms with Crippen molar-refractivity contribution in [1.82, 2.24) is 4.90 Å². The van der Waals surface area contributed by atoms with E-state index >= 15 is 0 Å². The van der Waals surface area contributed by atoms with Crippen LogP contribution in [0.5, 0.6) is 5.75 Å². The van der Waals surface area contributed by atoms with Gasteiger partial charge in [-0.25, -0.2) is 0 Å². The molecule has 3 aromatic rings. The first-order chi connectivity index (χ1) is 15.3. The minimum absolute atomic E-state index is 0.267. The van der Waals surface area contributed by atoms with Gasteiger partial charge in [0.05, 0.1) is 12.0 Å². The minimum Gasteiger partial charge on any atom is -0.493 e. The molecule has 0 unspecified atom stereocenters. The molecule has 1 atom stereocenters. The van der Waals surface area contributed by atoms with E-state index in [0.29, 0.717) is 0 Å². The second-order valence-corrected chi connectivity index (χ2v) is 8.80. The van der Waals surface area contributed by atoms with Crippen LogP contribution < -0.4 is 4.74 Å². The van der Waals surface area contributed by atoms with E-state index in [1.165, 1.54) is 17.4 Å². The van der Waals surface area contributed by atoms with Crippen LogP contribution in [0.3, 0.4) is 0 Å². The van der Waals surface area contributed by atoms with E-state index in [1.54, 1.807) is 0 Å². The molecule has 1 fully saturated rings. The van der Waals surface area contributed by atoms with Crippen molar-refractivity contribution in [2.75, 3.05) is 26.2 Å². The number of rotatable bonds is 7. The van der Waals surface area contributed by atoms with Crippen LogP contribution in [0.4, 0.5) is 0 Å². The highest BCUT2D eigenvalue weighted by Gasteiger charge is 2.44. The van der Waals surface area contributed by atoms with Crippen LogP contribution in [0.25, 0.3) is 0 Å². The fourth-order valence-corrected chi connectivity index (χ4v) is 5.39. The number of likely N-dealkylation sites (tertiary alicyclic amines) is 1. The number of ether oxygens (including phenoxy) is 1. The van der Waals surface area contributed by atoms with E-state index in [2.05, 4.69) is 47.4 Å². The molecule has 31 heavy (non-hydrogen) atoms. The van der Waals surface area contributed by atoms with Crippen LogP contribution in [-0.4, -0.2) is 37.4 Å². The maximum Gasteiger partial charge on any atom is 0.135 e. The zero-order chi connectivity index (χ0) is 21.1. The van der Waals surface area contributed by atoms with Gasteiger partial charge in [-0.3, -0.25) is 0 Å². The van der Waals surface area contributed by atoms with E-state index in [-0.39, 0.29) is 5.92 Å². The Labute approximate surface area is 184 Å². The normalized spacial score (nSPS) is 18.5. The molecular formula is C28H29NO2. The first-order valence-electron chi connectivity index (χ1n) is 11.3. The molecule has 2 aliphatic rings. The number of nitrogens with zero attached hydrogens (tertiary/aromatic N) is 1. The molecule has 3 aromatic carbocycles. The first-order valence-corrected chi connectivity index (χ1v) is 11.3. The maximum absolute atomic E-state index is 12.8. The largest absolute Gasteiger partial charge is 0.493 e. The number of carbonyl (C=O) groups is 1. The Kier molecular flexibility index (Phi) is 5.61. The van der Waals surface area contributed by atoms with Gasteiger partial charge in [-0.2, -0.15) is 0 Å². The van der Waals surface area contributed by atoms with Gasteiger partial charge in [0.25, 0.3) is 0 Å². The van der Waals surface area contributed by atoms with Gasteiger partial charge < -0.3 is 14.4 Å². The summed E-state index contributed by atoms with van der Waals surface area (Å²) in [4.78, 5) is 15.3. The molecule has 1 saturated heterocycles. The summed E-state index contributed by atoms with van der Waals surface area (Å²) >= 11 is 0. The highest BCUT2D eigenvalue weighted by Crippen LogP contribution is 2.42. The molecular weight excluding hydrogens is 382 g/mol. The Hall–Kier alpha value is -2.91. The SMILES string of the molecule is O=CC(c1ccccc1)(c1ccccc1)[C@@H]1CCN(CCc2ccc3c(c2)CCO3)C1. The molecule has 0 spiro atoms. The summed E-state index contributed by atoms with van der Waals surface area (Å²) in [6.45, 7) is 3.80. The van der Waals surface area contributed by atoms with Gasteiger partial charge in [0.2, 0.25) is 0 Å². The molecule has 2 aliphatic heterocycles. The fourth-order valence-electron chi connectivity index (χ4n) is 5.39. The smallest absolute Gasteiger partial charge is 0.135 e. The van der Waals surface area contributed by atoms with Crippen molar-refractivity contribution in [2.24, 2.45) is 5.92 Å². The molecule has 3 nitrogen and oxygen atoms in total. The second kappa shape index (κ2) is 8.68. The van der Waals surface area contributed by atoms with Crippen molar-refractivity contribution < 1.29 is 9.53 Å². The second-order valence-electron chi connectivity index (χ2n) is 8.80. The lowest BCUT2D eigenvalue weighted by molar-refractivity contribution is -0.112. The lowest BCUT2D eigenvalue weighted by Crippen LogP contribution is -2.40. The number of carbonyl (C=O) groups excluding carboxylic acids is 1. The average Bonchev–Trinajstić information content (AvgIpc) is 3.50.